The van der Waals surface area contributed by atoms with Crippen molar-refractivity contribution in [3.05, 3.63) is 40.4 Å². The Morgan fingerprint density at radius 2 is 1.66 bits per heavy atom. The average molecular weight is 462 g/mol. The Hall–Kier alpha value is -3.87. The lowest BCUT2D eigenvalue weighted by Crippen LogP contribution is -2.58. The van der Waals surface area contributed by atoms with Gasteiger partial charge in [0.2, 0.25) is 11.8 Å². The summed E-state index contributed by atoms with van der Waals surface area (Å²) in [5.41, 5.74) is 7.38. The molecule has 0 bridgehead atoms. The van der Waals surface area contributed by atoms with Crippen LogP contribution >= 0.6 is 11.3 Å². The third-order valence-electron chi connectivity index (χ3n) is 4.10. The van der Waals surface area contributed by atoms with Crippen LogP contribution in [0.25, 0.3) is 0 Å². The fraction of sp³-hybridized carbons (Fsp3) is 0.316. The number of rotatable bonds is 11. The third kappa shape index (κ3) is 8.47. The van der Waals surface area contributed by atoms with Crippen molar-refractivity contribution < 1.29 is 29.4 Å². The van der Waals surface area contributed by atoms with Crippen LogP contribution in [0.1, 0.15) is 29.5 Å². The molecule has 0 aliphatic rings. The zero-order valence-electron chi connectivity index (χ0n) is 17.1. The molecule has 0 spiro atoms. The summed E-state index contributed by atoms with van der Waals surface area (Å²) in [6.45, 7) is 1.38. The summed E-state index contributed by atoms with van der Waals surface area (Å²) in [4.78, 5) is 49.0. The van der Waals surface area contributed by atoms with Crippen LogP contribution < -0.4 is 37.2 Å². The number of aromatic nitrogens is 1. The predicted molar refractivity (Wildman–Crippen MR) is 112 cm³/mol. The Labute approximate surface area is 187 Å². The minimum absolute atomic E-state index is 0.177. The number of aryl methyl sites for hydroxylation is 3. The van der Waals surface area contributed by atoms with Crippen molar-refractivity contribution in [3.8, 4) is 0 Å². The summed E-state index contributed by atoms with van der Waals surface area (Å²) in [5, 5.41) is 30.8. The lowest BCUT2D eigenvalue weighted by Gasteiger charge is -2.24. The molecular weight excluding hydrogens is 440 g/mol. The van der Waals surface area contributed by atoms with Crippen molar-refractivity contribution in [2.75, 3.05) is 10.6 Å². The minimum atomic E-state index is -1.66. The second-order valence-corrected chi connectivity index (χ2v) is 7.76. The smallest absolute Gasteiger partial charge is 0.223 e. The molecule has 1 aromatic heterocycles. The van der Waals surface area contributed by atoms with Gasteiger partial charge < -0.3 is 46.8 Å². The quantitative estimate of drug-likeness (QED) is 0.258. The lowest BCUT2D eigenvalue weighted by atomic mass is 10.1. The van der Waals surface area contributed by atoms with E-state index in [-0.39, 0.29) is 12.3 Å². The number of amides is 4. The molecule has 0 aliphatic heterocycles. The molecule has 32 heavy (non-hydrogen) atoms. The number of hydrogen-bond acceptors (Lipinski definition) is 9. The summed E-state index contributed by atoms with van der Waals surface area (Å²) in [6, 6.07) is 6.85. The van der Waals surface area contributed by atoms with Crippen LogP contribution in [0.2, 0.25) is 0 Å². The number of carbonyl (C=O) groups is 4. The molecule has 0 aliphatic carbocycles. The van der Waals surface area contributed by atoms with Gasteiger partial charge in [-0.05, 0) is 37.0 Å². The van der Waals surface area contributed by atoms with Gasteiger partial charge in [0.25, 0.3) is 0 Å². The predicted octanol–water partition coefficient (Wildman–Crippen LogP) is -1.13. The number of primary amides is 1. The molecular formula is C19H22N6O6S-2. The molecule has 1 aromatic carbocycles. The molecule has 2 rings (SSSR count). The molecule has 0 saturated heterocycles. The van der Waals surface area contributed by atoms with Gasteiger partial charge in [0, 0.05) is 23.9 Å². The van der Waals surface area contributed by atoms with E-state index in [9.17, 15) is 29.4 Å². The monoisotopic (exact) mass is 462 g/mol. The standard InChI is InChI=1S/C19H24N6O6S/c1-10(26)21-17-23-13(14(32-17)8-9-15(20)27)7-4-11-2-5-12(6-3-11)22-16(24-18(28)29)25-19(30)31/h2-3,5-6,16,22,24-25H,4,7-9H2,1H3,(H2,20,27)(H,28,29)(H,30,31)(H,21,23,26)/p-2. The first-order valence-corrected chi connectivity index (χ1v) is 10.3. The number of benzene rings is 1. The molecule has 12 nitrogen and oxygen atoms in total. The van der Waals surface area contributed by atoms with Crippen LogP contribution in [-0.4, -0.2) is 35.3 Å². The molecule has 0 saturated carbocycles. The van der Waals surface area contributed by atoms with E-state index < -0.39 is 24.4 Å². The highest BCUT2D eigenvalue weighted by Crippen LogP contribution is 2.26. The van der Waals surface area contributed by atoms with E-state index in [4.69, 9.17) is 5.73 Å². The van der Waals surface area contributed by atoms with Crippen molar-refractivity contribution >= 4 is 46.2 Å². The van der Waals surface area contributed by atoms with E-state index in [1.54, 1.807) is 24.3 Å². The first-order valence-electron chi connectivity index (χ1n) is 9.47. The highest BCUT2D eigenvalue weighted by Gasteiger charge is 2.13. The van der Waals surface area contributed by atoms with Gasteiger partial charge in [0.1, 0.15) is 12.2 Å². The Morgan fingerprint density at radius 3 is 2.19 bits per heavy atom. The molecule has 0 atom stereocenters. The van der Waals surface area contributed by atoms with Gasteiger partial charge in [-0.1, -0.05) is 12.1 Å². The Morgan fingerprint density at radius 1 is 1.03 bits per heavy atom. The normalized spacial score (nSPS) is 10.4. The summed E-state index contributed by atoms with van der Waals surface area (Å²) >= 11 is 1.30. The highest BCUT2D eigenvalue weighted by molar-refractivity contribution is 7.15. The number of carboxylic acid groups (broad SMARTS) is 2. The molecule has 6 N–H and O–H groups in total. The SMILES string of the molecule is CC(=O)Nc1nc(CCc2ccc(NC(NC(=O)[O-])NC(=O)[O-])cc2)c(CCC(N)=O)s1. The fourth-order valence-electron chi connectivity index (χ4n) is 2.76. The number of hydrogen-bond donors (Lipinski definition) is 5. The zero-order chi connectivity index (χ0) is 23.7. The Kier molecular flexibility index (Phi) is 8.77. The summed E-state index contributed by atoms with van der Waals surface area (Å²) in [6.07, 6.45) is -2.91. The van der Waals surface area contributed by atoms with E-state index in [2.05, 4.69) is 15.6 Å². The minimum Gasteiger partial charge on any atom is -0.530 e. The van der Waals surface area contributed by atoms with Crippen molar-refractivity contribution in [3.63, 3.8) is 0 Å². The van der Waals surface area contributed by atoms with Gasteiger partial charge in [-0.15, -0.1) is 11.3 Å². The van der Waals surface area contributed by atoms with Gasteiger partial charge in [0.05, 0.1) is 5.69 Å². The summed E-state index contributed by atoms with van der Waals surface area (Å²) < 4.78 is 0. The molecule has 0 fully saturated rings. The first kappa shape index (κ1) is 24.4. The van der Waals surface area contributed by atoms with Crippen molar-refractivity contribution in [2.24, 2.45) is 5.73 Å². The van der Waals surface area contributed by atoms with Crippen LogP contribution in [0, 0.1) is 0 Å². The summed E-state index contributed by atoms with van der Waals surface area (Å²) in [7, 11) is 0. The number of thiazole rings is 1. The van der Waals surface area contributed by atoms with Crippen LogP contribution in [0.15, 0.2) is 24.3 Å². The number of nitrogens with two attached hydrogens (primary N) is 1. The van der Waals surface area contributed by atoms with Gasteiger partial charge in [-0.2, -0.15) is 0 Å². The van der Waals surface area contributed by atoms with E-state index in [0.29, 0.717) is 30.1 Å². The maximum Gasteiger partial charge on any atom is 0.223 e. The van der Waals surface area contributed by atoms with Gasteiger partial charge >= 0.3 is 0 Å². The van der Waals surface area contributed by atoms with E-state index in [1.165, 1.54) is 18.3 Å². The van der Waals surface area contributed by atoms with Crippen molar-refractivity contribution in [1.29, 1.82) is 0 Å². The van der Waals surface area contributed by atoms with Crippen molar-refractivity contribution in [1.82, 2.24) is 15.6 Å². The molecule has 172 valence electrons. The van der Waals surface area contributed by atoms with Crippen LogP contribution in [0.4, 0.5) is 20.4 Å². The molecule has 1 heterocycles. The second kappa shape index (κ2) is 11.5. The van der Waals surface area contributed by atoms with Gasteiger partial charge in [-0.25, -0.2) is 4.98 Å². The summed E-state index contributed by atoms with van der Waals surface area (Å²) in [5.74, 6) is -0.664. The maximum absolute atomic E-state index is 11.3. The zero-order valence-corrected chi connectivity index (χ0v) is 17.9. The molecule has 13 heteroatoms. The third-order valence-corrected chi connectivity index (χ3v) is 5.17. The Balaban J connectivity index is 2.03. The van der Waals surface area contributed by atoms with E-state index >= 15 is 0 Å². The highest BCUT2D eigenvalue weighted by atomic mass is 32.1. The Bertz CT molecular complexity index is 961. The number of nitrogens with one attached hydrogen (secondary N) is 4. The number of anilines is 2. The van der Waals surface area contributed by atoms with E-state index in [1.807, 2.05) is 10.6 Å². The second-order valence-electron chi connectivity index (χ2n) is 6.67. The fourth-order valence-corrected chi connectivity index (χ4v) is 3.81. The first-order chi connectivity index (χ1) is 15.1. The van der Waals surface area contributed by atoms with Crippen molar-refractivity contribution in [2.45, 2.75) is 38.9 Å². The maximum atomic E-state index is 11.3. The molecule has 0 unspecified atom stereocenters. The van der Waals surface area contributed by atoms with Crippen LogP contribution in [0.5, 0.6) is 0 Å². The average Bonchev–Trinajstić information content (AvgIpc) is 3.05. The van der Waals surface area contributed by atoms with Gasteiger partial charge in [-0.3, -0.25) is 9.59 Å². The topological polar surface area (TPSA) is 201 Å². The van der Waals surface area contributed by atoms with Crippen LogP contribution in [-0.2, 0) is 28.9 Å². The number of carbonyl (C=O) groups excluding carboxylic acids is 4. The molecule has 0 radical (unpaired) electrons. The molecule has 4 amide bonds. The van der Waals surface area contributed by atoms with E-state index in [0.717, 1.165) is 16.1 Å². The largest absolute Gasteiger partial charge is 0.530 e. The molecule has 2 aromatic rings. The number of nitrogens with zero attached hydrogens (tertiary/aromatic N) is 1. The lowest BCUT2D eigenvalue weighted by molar-refractivity contribution is -0.255. The van der Waals surface area contributed by atoms with Gasteiger partial charge in [0.15, 0.2) is 11.4 Å². The van der Waals surface area contributed by atoms with Crippen LogP contribution in [0.3, 0.4) is 0 Å².